The first-order valence-corrected chi connectivity index (χ1v) is 9.34. The second-order valence-corrected chi connectivity index (χ2v) is 7.43. The van der Waals surface area contributed by atoms with Crippen molar-refractivity contribution in [1.29, 1.82) is 0 Å². The van der Waals surface area contributed by atoms with Crippen molar-refractivity contribution < 1.29 is 9.69 Å². The molecule has 0 fully saturated rings. The summed E-state index contributed by atoms with van der Waals surface area (Å²) in [6.07, 6.45) is 4.64. The van der Waals surface area contributed by atoms with Gasteiger partial charge in [-0.1, -0.05) is 30.3 Å². The molecule has 3 heteroatoms. The Balaban J connectivity index is 1.60. The minimum atomic E-state index is 0.588. The summed E-state index contributed by atoms with van der Waals surface area (Å²) in [7, 11) is 0. The smallest absolute Gasteiger partial charge is 0.150 e. The Labute approximate surface area is 147 Å². The highest BCUT2D eigenvalue weighted by atomic mass is 16.1. The third-order valence-electron chi connectivity index (χ3n) is 6.05. The van der Waals surface area contributed by atoms with E-state index in [4.69, 9.17) is 0 Å². The summed E-state index contributed by atoms with van der Waals surface area (Å²) < 4.78 is 2.54. The van der Waals surface area contributed by atoms with E-state index < -0.39 is 0 Å². The number of aryl methyl sites for hydroxylation is 1. The van der Waals surface area contributed by atoms with E-state index in [0.717, 1.165) is 31.4 Å². The van der Waals surface area contributed by atoms with Crippen molar-refractivity contribution in [2.45, 2.75) is 38.4 Å². The van der Waals surface area contributed by atoms with Gasteiger partial charge in [-0.25, -0.2) is 0 Å². The lowest BCUT2D eigenvalue weighted by Crippen LogP contribution is -3.12. The van der Waals surface area contributed by atoms with Gasteiger partial charge in [0.15, 0.2) is 0 Å². The molecule has 0 bridgehead atoms. The molecular weight excluding hydrogens is 308 g/mol. The summed E-state index contributed by atoms with van der Waals surface area (Å²) in [5.41, 5.74) is 6.59. The average Bonchev–Trinajstić information content (AvgIpc) is 2.99. The van der Waals surface area contributed by atoms with E-state index in [2.05, 4.69) is 47.0 Å². The van der Waals surface area contributed by atoms with Gasteiger partial charge in [0.1, 0.15) is 18.9 Å². The predicted octanol–water partition coefficient (Wildman–Crippen LogP) is 2.93. The van der Waals surface area contributed by atoms with E-state index in [1.54, 1.807) is 10.6 Å². The maximum Gasteiger partial charge on any atom is 0.150 e. The van der Waals surface area contributed by atoms with E-state index in [9.17, 15) is 4.79 Å². The van der Waals surface area contributed by atoms with Gasteiger partial charge in [-0.3, -0.25) is 4.79 Å². The van der Waals surface area contributed by atoms with Crippen LogP contribution in [0, 0.1) is 0 Å². The highest BCUT2D eigenvalue weighted by Crippen LogP contribution is 2.37. The van der Waals surface area contributed by atoms with Gasteiger partial charge in [0.2, 0.25) is 0 Å². The number of hydrogen-bond donors (Lipinski definition) is 1. The average molecular weight is 331 g/mol. The number of quaternary nitrogens is 1. The third kappa shape index (κ3) is 2.34. The van der Waals surface area contributed by atoms with Crippen molar-refractivity contribution >= 4 is 17.2 Å². The number of rotatable bonds is 3. The van der Waals surface area contributed by atoms with E-state index in [1.807, 2.05) is 6.07 Å². The Morgan fingerprint density at radius 2 is 2.04 bits per heavy atom. The van der Waals surface area contributed by atoms with Crippen LogP contribution in [0.2, 0.25) is 0 Å². The summed E-state index contributed by atoms with van der Waals surface area (Å²) in [4.78, 5) is 12.9. The molecule has 0 saturated heterocycles. The number of aldehydes is 1. The maximum absolute atomic E-state index is 11.2. The van der Waals surface area contributed by atoms with Gasteiger partial charge >= 0.3 is 0 Å². The van der Waals surface area contributed by atoms with Crippen LogP contribution in [0.15, 0.2) is 48.5 Å². The summed E-state index contributed by atoms with van der Waals surface area (Å²) in [6.45, 7) is 3.35. The zero-order valence-corrected chi connectivity index (χ0v) is 14.4. The Morgan fingerprint density at radius 3 is 2.88 bits per heavy atom. The van der Waals surface area contributed by atoms with Gasteiger partial charge < -0.3 is 9.47 Å². The highest BCUT2D eigenvalue weighted by Gasteiger charge is 2.37. The van der Waals surface area contributed by atoms with Gasteiger partial charge in [-0.05, 0) is 36.6 Å². The number of nitrogens with zero attached hydrogens (tertiary/aromatic N) is 1. The van der Waals surface area contributed by atoms with Crippen LogP contribution in [-0.4, -0.2) is 17.4 Å². The lowest BCUT2D eigenvalue weighted by Gasteiger charge is -2.37. The molecule has 2 aromatic carbocycles. The molecule has 0 radical (unpaired) electrons. The standard InChI is InChI=1S/C22H22N2O/c25-15-17-9-10-20-19(13-17)18-7-4-8-21-22(18)24(20)12-11-23(21)14-16-5-2-1-3-6-16/h1-3,5-6,9-10,13,15,21H,4,7-8,11-12,14H2/p+1/t21-/m0/s1. The molecule has 0 amide bonds. The van der Waals surface area contributed by atoms with Crippen molar-refractivity contribution in [2.24, 2.45) is 0 Å². The zero-order chi connectivity index (χ0) is 16.8. The molecule has 1 N–H and O–H groups in total. The van der Waals surface area contributed by atoms with Crippen LogP contribution in [0.5, 0.6) is 0 Å². The lowest BCUT2D eigenvalue weighted by molar-refractivity contribution is -0.950. The van der Waals surface area contributed by atoms with E-state index in [0.29, 0.717) is 6.04 Å². The highest BCUT2D eigenvalue weighted by molar-refractivity contribution is 5.91. The summed E-state index contributed by atoms with van der Waals surface area (Å²) in [6, 6.07) is 17.7. The quantitative estimate of drug-likeness (QED) is 0.734. The molecule has 2 atom stereocenters. The molecule has 126 valence electrons. The number of nitrogens with one attached hydrogen (secondary N) is 1. The molecule has 1 aromatic heterocycles. The van der Waals surface area contributed by atoms with Crippen LogP contribution < -0.4 is 4.90 Å². The minimum absolute atomic E-state index is 0.588. The van der Waals surface area contributed by atoms with Crippen molar-refractivity contribution in [3.8, 4) is 0 Å². The van der Waals surface area contributed by atoms with Crippen LogP contribution in [0.25, 0.3) is 10.9 Å². The molecule has 2 heterocycles. The van der Waals surface area contributed by atoms with Gasteiger partial charge in [-0.15, -0.1) is 0 Å². The van der Waals surface area contributed by atoms with Crippen LogP contribution in [0.4, 0.5) is 0 Å². The normalized spacial score (nSPS) is 21.9. The number of aromatic nitrogens is 1. The Kier molecular flexibility index (Phi) is 3.49. The molecular formula is C22H23N2O+. The second-order valence-electron chi connectivity index (χ2n) is 7.43. The van der Waals surface area contributed by atoms with E-state index in [1.165, 1.54) is 41.4 Å². The van der Waals surface area contributed by atoms with Gasteiger partial charge in [0, 0.05) is 28.5 Å². The molecule has 25 heavy (non-hydrogen) atoms. The number of hydrogen-bond acceptors (Lipinski definition) is 1. The lowest BCUT2D eigenvalue weighted by atomic mass is 9.89. The first kappa shape index (κ1) is 14.9. The SMILES string of the molecule is O=Cc1ccc2c(c1)c1c3n2CC[NH+](Cc2ccccc2)[C@H]3CCC1. The summed E-state index contributed by atoms with van der Waals surface area (Å²) in [5.74, 6) is 0. The maximum atomic E-state index is 11.2. The molecule has 0 spiro atoms. The third-order valence-corrected chi connectivity index (χ3v) is 6.05. The predicted molar refractivity (Wildman–Crippen MR) is 99.0 cm³/mol. The van der Waals surface area contributed by atoms with Crippen LogP contribution >= 0.6 is 0 Å². The first-order chi connectivity index (χ1) is 12.3. The molecule has 1 aliphatic heterocycles. The van der Waals surface area contributed by atoms with Crippen LogP contribution in [0.3, 0.4) is 0 Å². The fourth-order valence-electron chi connectivity index (χ4n) is 4.95. The summed E-state index contributed by atoms with van der Waals surface area (Å²) in [5, 5.41) is 1.31. The topological polar surface area (TPSA) is 26.4 Å². The Morgan fingerprint density at radius 1 is 1.16 bits per heavy atom. The first-order valence-electron chi connectivity index (χ1n) is 9.34. The number of carbonyl (C=O) groups excluding carboxylic acids is 1. The monoisotopic (exact) mass is 331 g/mol. The van der Waals surface area contributed by atoms with Gasteiger partial charge in [-0.2, -0.15) is 0 Å². The molecule has 1 aliphatic carbocycles. The Hall–Kier alpha value is -2.39. The molecule has 3 nitrogen and oxygen atoms in total. The minimum Gasteiger partial charge on any atom is -0.334 e. The second kappa shape index (κ2) is 5.85. The van der Waals surface area contributed by atoms with Crippen molar-refractivity contribution in [2.75, 3.05) is 6.54 Å². The fraction of sp³-hybridized carbons (Fsp3) is 0.318. The largest absolute Gasteiger partial charge is 0.334 e. The van der Waals surface area contributed by atoms with Crippen molar-refractivity contribution in [3.63, 3.8) is 0 Å². The fourth-order valence-corrected chi connectivity index (χ4v) is 4.95. The number of fused-ring (bicyclic) bond motifs is 3. The Bertz CT molecular complexity index is 942. The molecule has 1 unspecified atom stereocenters. The summed E-state index contributed by atoms with van der Waals surface area (Å²) >= 11 is 0. The molecule has 0 saturated carbocycles. The van der Waals surface area contributed by atoms with E-state index in [-0.39, 0.29) is 0 Å². The van der Waals surface area contributed by atoms with Crippen molar-refractivity contribution in [3.05, 3.63) is 70.9 Å². The van der Waals surface area contributed by atoms with Crippen LogP contribution in [-0.2, 0) is 19.5 Å². The van der Waals surface area contributed by atoms with Crippen molar-refractivity contribution in [1.82, 2.24) is 4.57 Å². The van der Waals surface area contributed by atoms with Gasteiger partial charge in [0.05, 0.1) is 18.8 Å². The van der Waals surface area contributed by atoms with Gasteiger partial charge in [0.25, 0.3) is 0 Å². The molecule has 3 aromatic rings. The number of benzene rings is 2. The van der Waals surface area contributed by atoms with E-state index >= 15 is 0 Å². The zero-order valence-electron chi connectivity index (χ0n) is 14.4. The van der Waals surface area contributed by atoms with Crippen LogP contribution in [0.1, 0.15) is 46.1 Å². The number of carbonyl (C=O) groups is 1. The molecule has 5 rings (SSSR count). The molecule has 2 aliphatic rings.